The quantitative estimate of drug-likeness (QED) is 0.713. The highest BCUT2D eigenvalue weighted by molar-refractivity contribution is 7.91. The molecular formula is C12H23N3O3S. The van der Waals surface area contributed by atoms with Crippen molar-refractivity contribution in [2.45, 2.75) is 18.9 Å². The molecular weight excluding hydrogens is 266 g/mol. The first-order valence-electron chi connectivity index (χ1n) is 6.85. The van der Waals surface area contributed by atoms with E-state index < -0.39 is 9.84 Å². The van der Waals surface area contributed by atoms with Crippen molar-refractivity contribution in [3.63, 3.8) is 0 Å². The molecule has 2 aliphatic rings. The maximum atomic E-state index is 11.8. The maximum Gasteiger partial charge on any atom is 0.221 e. The number of likely N-dealkylation sites (N-methyl/N-ethyl adjacent to an activating group) is 1. The van der Waals surface area contributed by atoms with Gasteiger partial charge in [0.2, 0.25) is 5.91 Å². The molecule has 0 radical (unpaired) electrons. The van der Waals surface area contributed by atoms with Crippen molar-refractivity contribution < 1.29 is 13.2 Å². The Morgan fingerprint density at radius 1 is 1.26 bits per heavy atom. The highest BCUT2D eigenvalue weighted by atomic mass is 32.2. The maximum absolute atomic E-state index is 11.8. The Morgan fingerprint density at radius 2 is 1.95 bits per heavy atom. The Hall–Kier alpha value is -0.660. The molecule has 1 atom stereocenters. The standard InChI is InChI=1S/C12H23N3O3S/c1-14-5-7-15(8-6-14)4-2-12(16)13-11-3-9-19(17,18)10-11/h11H,2-10H2,1H3,(H,13,16). The summed E-state index contributed by atoms with van der Waals surface area (Å²) in [5.74, 6) is 0.282. The molecule has 0 spiro atoms. The van der Waals surface area contributed by atoms with E-state index in [2.05, 4.69) is 22.2 Å². The number of sulfone groups is 1. The molecule has 0 aromatic carbocycles. The molecule has 0 saturated carbocycles. The summed E-state index contributed by atoms with van der Waals surface area (Å²) < 4.78 is 22.6. The average molecular weight is 289 g/mol. The van der Waals surface area contributed by atoms with Gasteiger partial charge in [-0.3, -0.25) is 4.79 Å². The molecule has 1 unspecified atom stereocenters. The second-order valence-electron chi connectivity index (χ2n) is 5.56. The second-order valence-corrected chi connectivity index (χ2v) is 7.79. The highest BCUT2D eigenvalue weighted by Crippen LogP contribution is 2.11. The van der Waals surface area contributed by atoms with Crippen molar-refractivity contribution in [1.29, 1.82) is 0 Å². The summed E-state index contributed by atoms with van der Waals surface area (Å²) in [5, 5.41) is 2.83. The third kappa shape index (κ3) is 4.74. The molecule has 2 saturated heterocycles. The minimum absolute atomic E-state index is 0.0268. The highest BCUT2D eigenvalue weighted by Gasteiger charge is 2.28. The van der Waals surface area contributed by atoms with E-state index in [1.807, 2.05) is 0 Å². The molecule has 1 N–H and O–H groups in total. The number of hydrogen-bond donors (Lipinski definition) is 1. The predicted molar refractivity (Wildman–Crippen MR) is 73.8 cm³/mol. The van der Waals surface area contributed by atoms with E-state index >= 15 is 0 Å². The van der Waals surface area contributed by atoms with Crippen molar-refractivity contribution in [2.24, 2.45) is 0 Å². The number of nitrogens with zero attached hydrogens (tertiary/aromatic N) is 2. The molecule has 110 valence electrons. The van der Waals surface area contributed by atoms with Crippen LogP contribution in [0.1, 0.15) is 12.8 Å². The van der Waals surface area contributed by atoms with Crippen LogP contribution in [-0.2, 0) is 14.6 Å². The molecule has 19 heavy (non-hydrogen) atoms. The summed E-state index contributed by atoms with van der Waals surface area (Å²) in [5.41, 5.74) is 0. The van der Waals surface area contributed by atoms with Gasteiger partial charge >= 0.3 is 0 Å². The fraction of sp³-hybridized carbons (Fsp3) is 0.917. The molecule has 1 amide bonds. The first-order chi connectivity index (χ1) is 8.94. The van der Waals surface area contributed by atoms with Crippen LogP contribution in [0.25, 0.3) is 0 Å². The van der Waals surface area contributed by atoms with Gasteiger partial charge in [-0.05, 0) is 13.5 Å². The average Bonchev–Trinajstić information content (AvgIpc) is 2.68. The van der Waals surface area contributed by atoms with Gasteiger partial charge in [0.05, 0.1) is 11.5 Å². The largest absolute Gasteiger partial charge is 0.352 e. The van der Waals surface area contributed by atoms with Gasteiger partial charge in [0.15, 0.2) is 9.84 Å². The van der Waals surface area contributed by atoms with Gasteiger partial charge in [-0.1, -0.05) is 0 Å². The zero-order valence-electron chi connectivity index (χ0n) is 11.5. The SMILES string of the molecule is CN1CCN(CCC(=O)NC2CCS(=O)(=O)C2)CC1. The van der Waals surface area contributed by atoms with Crippen LogP contribution in [0.15, 0.2) is 0 Å². The van der Waals surface area contributed by atoms with Crippen molar-refractivity contribution in [1.82, 2.24) is 15.1 Å². The lowest BCUT2D eigenvalue weighted by atomic mass is 10.2. The van der Waals surface area contributed by atoms with Crippen LogP contribution < -0.4 is 5.32 Å². The van der Waals surface area contributed by atoms with Crippen LogP contribution in [-0.4, -0.2) is 81.4 Å². The molecule has 2 fully saturated rings. The molecule has 0 aromatic rings. The van der Waals surface area contributed by atoms with Gasteiger partial charge < -0.3 is 15.1 Å². The third-order valence-corrected chi connectivity index (χ3v) is 5.62. The molecule has 2 rings (SSSR count). The Morgan fingerprint density at radius 3 is 2.53 bits per heavy atom. The van der Waals surface area contributed by atoms with Gasteiger partial charge in [-0.2, -0.15) is 0 Å². The van der Waals surface area contributed by atoms with Crippen LogP contribution in [0.4, 0.5) is 0 Å². The summed E-state index contributed by atoms with van der Waals surface area (Å²) in [6.45, 7) is 4.85. The molecule has 7 heteroatoms. The number of carbonyl (C=O) groups is 1. The lowest BCUT2D eigenvalue weighted by Crippen LogP contribution is -2.46. The number of amides is 1. The summed E-state index contributed by atoms with van der Waals surface area (Å²) in [4.78, 5) is 16.3. The van der Waals surface area contributed by atoms with Crippen LogP contribution in [0.5, 0.6) is 0 Å². The Kier molecular flexibility index (Phi) is 4.81. The topological polar surface area (TPSA) is 69.7 Å². The van der Waals surface area contributed by atoms with Crippen LogP contribution in [0.3, 0.4) is 0 Å². The number of rotatable bonds is 4. The van der Waals surface area contributed by atoms with Gasteiger partial charge in [0, 0.05) is 45.2 Å². The number of nitrogens with one attached hydrogen (secondary N) is 1. The number of hydrogen-bond acceptors (Lipinski definition) is 5. The van der Waals surface area contributed by atoms with Crippen molar-refractivity contribution >= 4 is 15.7 Å². The van der Waals surface area contributed by atoms with E-state index in [0.717, 1.165) is 32.7 Å². The normalized spacial score (nSPS) is 28.4. The predicted octanol–water partition coefficient (Wildman–Crippen LogP) is -1.07. The summed E-state index contributed by atoms with van der Waals surface area (Å²) >= 11 is 0. The fourth-order valence-corrected chi connectivity index (χ4v) is 4.21. The smallest absolute Gasteiger partial charge is 0.221 e. The minimum Gasteiger partial charge on any atom is -0.352 e. The second kappa shape index (κ2) is 6.19. The van der Waals surface area contributed by atoms with Gasteiger partial charge in [-0.25, -0.2) is 8.42 Å². The monoisotopic (exact) mass is 289 g/mol. The van der Waals surface area contributed by atoms with Crippen LogP contribution >= 0.6 is 0 Å². The van der Waals surface area contributed by atoms with Gasteiger partial charge in [0.1, 0.15) is 0 Å². The fourth-order valence-electron chi connectivity index (χ4n) is 2.54. The van der Waals surface area contributed by atoms with E-state index in [0.29, 0.717) is 12.8 Å². The first-order valence-corrected chi connectivity index (χ1v) is 8.67. The Balaban J connectivity index is 1.65. The van der Waals surface area contributed by atoms with E-state index in [1.54, 1.807) is 0 Å². The molecule has 0 bridgehead atoms. The number of carbonyl (C=O) groups excluding carboxylic acids is 1. The van der Waals surface area contributed by atoms with Crippen molar-refractivity contribution in [3.8, 4) is 0 Å². The summed E-state index contributed by atoms with van der Waals surface area (Å²) in [6.07, 6.45) is 1.02. The van der Waals surface area contributed by atoms with Crippen molar-refractivity contribution in [3.05, 3.63) is 0 Å². The van der Waals surface area contributed by atoms with Crippen molar-refractivity contribution in [2.75, 3.05) is 51.3 Å². The number of piperazine rings is 1. The molecule has 0 aliphatic carbocycles. The molecule has 0 aromatic heterocycles. The van der Waals surface area contributed by atoms with Gasteiger partial charge in [-0.15, -0.1) is 0 Å². The Labute approximate surface area is 115 Å². The summed E-state index contributed by atoms with van der Waals surface area (Å²) in [6, 6.07) is -0.176. The minimum atomic E-state index is -2.91. The van der Waals surface area contributed by atoms with E-state index in [-0.39, 0.29) is 23.5 Å². The molecule has 2 aliphatic heterocycles. The summed E-state index contributed by atoms with van der Waals surface area (Å²) in [7, 11) is -0.812. The zero-order chi connectivity index (χ0) is 13.9. The third-order valence-electron chi connectivity index (χ3n) is 3.85. The van der Waals surface area contributed by atoms with E-state index in [4.69, 9.17) is 0 Å². The van der Waals surface area contributed by atoms with Gasteiger partial charge in [0.25, 0.3) is 0 Å². The first kappa shape index (κ1) is 14.7. The molecule has 2 heterocycles. The molecule has 6 nitrogen and oxygen atoms in total. The lowest BCUT2D eigenvalue weighted by molar-refractivity contribution is -0.122. The lowest BCUT2D eigenvalue weighted by Gasteiger charge is -2.32. The van der Waals surface area contributed by atoms with E-state index in [9.17, 15) is 13.2 Å². The van der Waals surface area contributed by atoms with E-state index in [1.165, 1.54) is 0 Å². The van der Waals surface area contributed by atoms with Crippen LogP contribution in [0, 0.1) is 0 Å². The Bertz CT molecular complexity index is 416. The van der Waals surface area contributed by atoms with Crippen LogP contribution in [0.2, 0.25) is 0 Å². The zero-order valence-corrected chi connectivity index (χ0v) is 12.3.